The number of thiol groups is 1. The van der Waals surface area contributed by atoms with Crippen LogP contribution in [0, 0.1) is 11.3 Å². The number of hydrogen-bond donors (Lipinski definition) is 1. The van der Waals surface area contributed by atoms with E-state index in [4.69, 9.17) is 9.47 Å². The van der Waals surface area contributed by atoms with Gasteiger partial charge >= 0.3 is 0 Å². The molecule has 0 aromatic heterocycles. The summed E-state index contributed by atoms with van der Waals surface area (Å²) in [5.74, 6) is 3.19. The van der Waals surface area contributed by atoms with E-state index in [1.165, 1.54) is 12.0 Å². The van der Waals surface area contributed by atoms with Crippen LogP contribution >= 0.6 is 12.6 Å². The molecule has 0 radical (unpaired) electrons. The van der Waals surface area contributed by atoms with Crippen LogP contribution in [0.25, 0.3) is 0 Å². The Morgan fingerprint density at radius 1 is 0.759 bits per heavy atom. The van der Waals surface area contributed by atoms with Crippen molar-refractivity contribution in [3.8, 4) is 11.5 Å². The van der Waals surface area contributed by atoms with Crippen molar-refractivity contribution in [3.05, 3.63) is 54.1 Å². The molecule has 162 valence electrons. The molecule has 0 saturated heterocycles. The predicted octanol–water partition coefficient (Wildman–Crippen LogP) is 8.03. The van der Waals surface area contributed by atoms with Gasteiger partial charge in [0.15, 0.2) is 0 Å². The largest absolute Gasteiger partial charge is 0.493 e. The minimum Gasteiger partial charge on any atom is -0.493 e. The summed E-state index contributed by atoms with van der Waals surface area (Å²) in [5, 5.41) is 0. The summed E-state index contributed by atoms with van der Waals surface area (Å²) >= 11 is 4.26. The fourth-order valence-corrected chi connectivity index (χ4v) is 3.06. The Bertz CT molecular complexity index is 667. The van der Waals surface area contributed by atoms with Gasteiger partial charge in [0.05, 0.1) is 13.2 Å². The van der Waals surface area contributed by atoms with E-state index in [2.05, 4.69) is 85.4 Å². The Balaban J connectivity index is 0.000000960. The first kappa shape index (κ1) is 25.4. The van der Waals surface area contributed by atoms with Crippen LogP contribution in [0.3, 0.4) is 0 Å². The number of ether oxygens (including phenoxy) is 2. The lowest BCUT2D eigenvalue weighted by molar-refractivity contribution is 0.247. The van der Waals surface area contributed by atoms with Crippen LogP contribution in [-0.2, 0) is 0 Å². The highest BCUT2D eigenvalue weighted by atomic mass is 32.1. The van der Waals surface area contributed by atoms with Crippen LogP contribution in [0.4, 0.5) is 0 Å². The van der Waals surface area contributed by atoms with Crippen LogP contribution < -0.4 is 9.47 Å². The Labute approximate surface area is 184 Å². The Morgan fingerprint density at radius 2 is 1.17 bits per heavy atom. The Kier molecular flexibility index (Phi) is 11.3. The lowest BCUT2D eigenvalue weighted by atomic mass is 9.82. The van der Waals surface area contributed by atoms with Crippen molar-refractivity contribution in [1.29, 1.82) is 0 Å². The monoisotopic (exact) mass is 416 g/mol. The van der Waals surface area contributed by atoms with Gasteiger partial charge in [-0.1, -0.05) is 60.6 Å². The molecule has 0 fully saturated rings. The second-order valence-electron chi connectivity index (χ2n) is 9.51. The summed E-state index contributed by atoms with van der Waals surface area (Å²) in [4.78, 5) is 0.941. The normalized spacial score (nSPS) is 12.2. The molecule has 2 nitrogen and oxygen atoms in total. The zero-order chi connectivity index (χ0) is 21.9. The second-order valence-corrected chi connectivity index (χ2v) is 10.0. The van der Waals surface area contributed by atoms with Gasteiger partial charge in [0.25, 0.3) is 0 Å². The topological polar surface area (TPSA) is 18.5 Å². The van der Waals surface area contributed by atoms with E-state index < -0.39 is 0 Å². The summed E-state index contributed by atoms with van der Waals surface area (Å²) in [6.07, 6.45) is 2.03. The van der Waals surface area contributed by atoms with Crippen LogP contribution in [0.2, 0.25) is 0 Å². The van der Waals surface area contributed by atoms with Gasteiger partial charge in [0.2, 0.25) is 0 Å². The molecule has 0 aliphatic carbocycles. The highest BCUT2D eigenvalue weighted by molar-refractivity contribution is 7.80. The molecule has 3 heteroatoms. The first-order chi connectivity index (χ1) is 13.6. The van der Waals surface area contributed by atoms with Gasteiger partial charge in [-0.2, -0.15) is 0 Å². The first-order valence-corrected chi connectivity index (χ1v) is 11.2. The number of benzene rings is 2. The summed E-state index contributed by atoms with van der Waals surface area (Å²) in [5.41, 5.74) is 1.72. The number of hydrogen-bond acceptors (Lipinski definition) is 3. The minimum atomic E-state index is 0.349. The lowest BCUT2D eigenvalue weighted by Crippen LogP contribution is -2.10. The van der Waals surface area contributed by atoms with E-state index in [1.54, 1.807) is 0 Å². The summed E-state index contributed by atoms with van der Waals surface area (Å²) in [6.45, 7) is 17.0. The molecule has 2 aromatic carbocycles. The molecule has 0 spiro atoms. The molecule has 0 amide bonds. The predicted molar refractivity (Wildman–Crippen MR) is 129 cm³/mol. The molecule has 2 rings (SSSR count). The van der Waals surface area contributed by atoms with Crippen molar-refractivity contribution in [2.75, 3.05) is 13.2 Å². The van der Waals surface area contributed by atoms with E-state index >= 15 is 0 Å². The zero-order valence-electron chi connectivity index (χ0n) is 19.4. The van der Waals surface area contributed by atoms with Crippen LogP contribution in [-0.4, -0.2) is 13.2 Å². The molecule has 2 aromatic rings. The van der Waals surface area contributed by atoms with E-state index in [0.29, 0.717) is 24.5 Å². The molecular weight excluding hydrogens is 376 g/mol. The van der Waals surface area contributed by atoms with Crippen LogP contribution in [0.5, 0.6) is 11.5 Å². The fourth-order valence-electron chi connectivity index (χ4n) is 2.91. The summed E-state index contributed by atoms with van der Waals surface area (Å²) in [6, 6.07) is 16.2. The minimum absolute atomic E-state index is 0.349. The standard InChI is InChI=1S/C22H30O2S.C4H10/c1-17(16-22(2,3)4)18-6-8-19(9-7-18)23-14-5-15-24-20-10-12-21(25)13-11-20;1-4(2)3/h6-13,17,25H,5,14-16H2,1-4H3;4H,1-3H3. The van der Waals surface area contributed by atoms with Crippen molar-refractivity contribution >= 4 is 12.6 Å². The average Bonchev–Trinajstić information content (AvgIpc) is 2.61. The molecule has 0 aliphatic heterocycles. The molecule has 0 saturated carbocycles. The van der Waals surface area contributed by atoms with E-state index in [9.17, 15) is 0 Å². The third-order valence-electron chi connectivity index (χ3n) is 4.03. The van der Waals surface area contributed by atoms with Crippen molar-refractivity contribution in [3.63, 3.8) is 0 Å². The van der Waals surface area contributed by atoms with Gasteiger partial charge in [0, 0.05) is 11.3 Å². The SMILES string of the molecule is CC(C)C.CC(CC(C)(C)C)c1ccc(OCCCOc2ccc(S)cc2)cc1. The Morgan fingerprint density at radius 3 is 1.59 bits per heavy atom. The molecule has 1 atom stereocenters. The maximum Gasteiger partial charge on any atom is 0.119 e. The molecule has 1 unspecified atom stereocenters. The third-order valence-corrected chi connectivity index (χ3v) is 4.33. The van der Waals surface area contributed by atoms with Gasteiger partial charge in [0.1, 0.15) is 11.5 Å². The van der Waals surface area contributed by atoms with Crippen LogP contribution in [0.1, 0.15) is 72.8 Å². The van der Waals surface area contributed by atoms with E-state index in [-0.39, 0.29) is 0 Å². The van der Waals surface area contributed by atoms with Crippen molar-refractivity contribution < 1.29 is 9.47 Å². The van der Waals surface area contributed by atoms with E-state index in [1.807, 2.05) is 24.3 Å². The Hall–Kier alpha value is -1.61. The number of rotatable bonds is 8. The maximum atomic E-state index is 5.81. The molecule has 0 bridgehead atoms. The summed E-state index contributed by atoms with van der Waals surface area (Å²) < 4.78 is 11.5. The van der Waals surface area contributed by atoms with Gasteiger partial charge in [-0.25, -0.2) is 0 Å². The maximum absolute atomic E-state index is 5.81. The third kappa shape index (κ3) is 12.5. The van der Waals surface area contributed by atoms with Gasteiger partial charge in [-0.15, -0.1) is 12.6 Å². The highest BCUT2D eigenvalue weighted by Crippen LogP contribution is 2.31. The van der Waals surface area contributed by atoms with Crippen molar-refractivity contribution in [2.24, 2.45) is 11.3 Å². The quantitative estimate of drug-likeness (QED) is 0.347. The highest BCUT2D eigenvalue weighted by Gasteiger charge is 2.16. The average molecular weight is 417 g/mol. The lowest BCUT2D eigenvalue weighted by Gasteiger charge is -2.23. The van der Waals surface area contributed by atoms with Gasteiger partial charge in [-0.3, -0.25) is 0 Å². The van der Waals surface area contributed by atoms with E-state index in [0.717, 1.165) is 28.7 Å². The molecule has 29 heavy (non-hydrogen) atoms. The first-order valence-electron chi connectivity index (χ1n) is 10.7. The van der Waals surface area contributed by atoms with Crippen molar-refractivity contribution in [2.45, 2.75) is 72.1 Å². The zero-order valence-corrected chi connectivity index (χ0v) is 20.3. The molecule has 0 N–H and O–H groups in total. The molecule has 0 aliphatic rings. The second kappa shape index (κ2) is 12.8. The fraction of sp³-hybridized carbons (Fsp3) is 0.538. The van der Waals surface area contributed by atoms with Gasteiger partial charge in [-0.05, 0) is 65.6 Å². The summed E-state index contributed by atoms with van der Waals surface area (Å²) in [7, 11) is 0. The molecular formula is C26H40O2S. The molecule has 0 heterocycles. The van der Waals surface area contributed by atoms with Crippen LogP contribution in [0.15, 0.2) is 53.4 Å². The smallest absolute Gasteiger partial charge is 0.119 e. The van der Waals surface area contributed by atoms with Gasteiger partial charge < -0.3 is 9.47 Å². The van der Waals surface area contributed by atoms with Crippen molar-refractivity contribution in [1.82, 2.24) is 0 Å².